The van der Waals surface area contributed by atoms with Gasteiger partial charge in [0.05, 0.1) is 12.7 Å². The van der Waals surface area contributed by atoms with Crippen LogP contribution in [0.2, 0.25) is 0 Å². The zero-order valence-electron chi connectivity index (χ0n) is 14.6. The molecular formula is C18H20N4O3. The van der Waals surface area contributed by atoms with Crippen molar-refractivity contribution >= 4 is 11.7 Å². The third-order valence-corrected chi connectivity index (χ3v) is 4.97. The van der Waals surface area contributed by atoms with Crippen LogP contribution in [0.4, 0.5) is 0 Å². The predicted octanol–water partition coefficient (Wildman–Crippen LogP) is 1.77. The molecule has 1 aromatic heterocycles. The summed E-state index contributed by atoms with van der Waals surface area (Å²) in [5.41, 5.74) is -0.472. The molecule has 25 heavy (non-hydrogen) atoms. The number of hydrogen-bond donors (Lipinski definition) is 0. The van der Waals surface area contributed by atoms with E-state index in [1.807, 2.05) is 19.9 Å². The van der Waals surface area contributed by atoms with Crippen LogP contribution in [0.5, 0.6) is 5.88 Å². The highest BCUT2D eigenvalue weighted by molar-refractivity contribution is 6.03. The molecule has 1 amide bonds. The van der Waals surface area contributed by atoms with Gasteiger partial charge in [0, 0.05) is 30.0 Å². The van der Waals surface area contributed by atoms with Crippen molar-refractivity contribution in [1.82, 2.24) is 15.1 Å². The first-order chi connectivity index (χ1) is 11.8. The number of nitrogens with zero attached hydrogens (tertiary/aromatic N) is 4. The molecule has 1 saturated heterocycles. The second-order valence-electron chi connectivity index (χ2n) is 7.36. The number of amides is 1. The summed E-state index contributed by atoms with van der Waals surface area (Å²) in [5.74, 6) is 0.0312. The van der Waals surface area contributed by atoms with Gasteiger partial charge in [-0.25, -0.2) is 0 Å². The van der Waals surface area contributed by atoms with E-state index in [0.717, 1.165) is 6.42 Å². The molecule has 2 heterocycles. The van der Waals surface area contributed by atoms with Gasteiger partial charge >= 0.3 is 0 Å². The van der Waals surface area contributed by atoms with Crippen LogP contribution >= 0.6 is 0 Å². The quantitative estimate of drug-likeness (QED) is 0.814. The highest BCUT2D eigenvalue weighted by Gasteiger charge is 2.49. The minimum Gasteiger partial charge on any atom is -0.480 e. The topological polar surface area (TPSA) is 96.2 Å². The van der Waals surface area contributed by atoms with Crippen molar-refractivity contribution in [2.45, 2.75) is 26.7 Å². The van der Waals surface area contributed by atoms with Crippen molar-refractivity contribution < 1.29 is 14.3 Å². The number of methoxy groups -OCH3 is 1. The Balaban J connectivity index is 1.83. The largest absolute Gasteiger partial charge is 0.480 e. The van der Waals surface area contributed by atoms with Crippen molar-refractivity contribution in [3.63, 3.8) is 0 Å². The van der Waals surface area contributed by atoms with E-state index in [9.17, 15) is 14.9 Å². The van der Waals surface area contributed by atoms with E-state index in [2.05, 4.69) is 10.2 Å². The van der Waals surface area contributed by atoms with Crippen LogP contribution in [0, 0.1) is 22.2 Å². The lowest BCUT2D eigenvalue weighted by Crippen LogP contribution is -2.40. The van der Waals surface area contributed by atoms with Gasteiger partial charge in [0.25, 0.3) is 5.91 Å². The number of aromatic nitrogens is 2. The van der Waals surface area contributed by atoms with Crippen LogP contribution in [0.1, 0.15) is 37.2 Å². The van der Waals surface area contributed by atoms with Gasteiger partial charge in [-0.15, -0.1) is 10.2 Å². The average molecular weight is 340 g/mol. The van der Waals surface area contributed by atoms with Crippen molar-refractivity contribution in [2.75, 3.05) is 20.2 Å². The zero-order chi connectivity index (χ0) is 18.2. The summed E-state index contributed by atoms with van der Waals surface area (Å²) in [6.45, 7) is 4.76. The molecule has 1 aliphatic carbocycles. The van der Waals surface area contributed by atoms with Crippen LogP contribution in [-0.4, -0.2) is 47.0 Å². The molecule has 1 fully saturated rings. The minimum absolute atomic E-state index is 0.119. The number of rotatable bonds is 2. The fourth-order valence-corrected chi connectivity index (χ4v) is 3.87. The van der Waals surface area contributed by atoms with E-state index in [1.54, 1.807) is 23.1 Å². The lowest BCUT2D eigenvalue weighted by molar-refractivity contribution is -0.125. The van der Waals surface area contributed by atoms with E-state index in [4.69, 9.17) is 4.74 Å². The van der Waals surface area contributed by atoms with Crippen LogP contribution in [0.15, 0.2) is 23.8 Å². The number of hydrogen-bond acceptors (Lipinski definition) is 6. The first kappa shape index (κ1) is 17.1. The van der Waals surface area contributed by atoms with Gasteiger partial charge in [-0.1, -0.05) is 19.9 Å². The van der Waals surface area contributed by atoms with Gasteiger partial charge in [-0.05, 0) is 18.9 Å². The summed E-state index contributed by atoms with van der Waals surface area (Å²) >= 11 is 0. The summed E-state index contributed by atoms with van der Waals surface area (Å²) in [7, 11) is 1.49. The Kier molecular flexibility index (Phi) is 4.07. The fraction of sp³-hybridized carbons (Fsp3) is 0.500. The van der Waals surface area contributed by atoms with Crippen LogP contribution in [0.25, 0.3) is 0 Å². The third-order valence-electron chi connectivity index (χ3n) is 4.97. The normalized spacial score (nSPS) is 24.8. The molecule has 130 valence electrons. The number of nitriles is 1. The Bertz CT molecular complexity index is 792. The smallest absolute Gasteiger partial charge is 0.274 e. The Morgan fingerprint density at radius 2 is 2.12 bits per heavy atom. The number of ether oxygens (including phenoxy) is 1. The molecule has 1 unspecified atom stereocenters. The van der Waals surface area contributed by atoms with E-state index in [1.165, 1.54) is 7.11 Å². The molecule has 0 radical (unpaired) electrons. The second kappa shape index (κ2) is 5.96. The van der Waals surface area contributed by atoms with Crippen molar-refractivity contribution in [3.8, 4) is 11.9 Å². The van der Waals surface area contributed by atoms with Gasteiger partial charge in [-0.3, -0.25) is 9.59 Å². The molecule has 7 heteroatoms. The lowest BCUT2D eigenvalue weighted by atomic mass is 9.64. The maximum Gasteiger partial charge on any atom is 0.274 e. The summed E-state index contributed by atoms with van der Waals surface area (Å²) < 4.78 is 4.95. The molecule has 2 aliphatic rings. The molecule has 0 bridgehead atoms. The van der Waals surface area contributed by atoms with Crippen molar-refractivity contribution in [2.24, 2.45) is 10.8 Å². The van der Waals surface area contributed by atoms with E-state index >= 15 is 0 Å². The Morgan fingerprint density at radius 1 is 1.36 bits per heavy atom. The van der Waals surface area contributed by atoms with Gasteiger partial charge in [0.15, 0.2) is 11.5 Å². The lowest BCUT2D eigenvalue weighted by Gasteiger charge is -2.38. The van der Waals surface area contributed by atoms with E-state index < -0.39 is 5.41 Å². The number of Topliss-reactive ketones (excluding diaryl/α,β-unsaturated/α-hetero) is 1. The van der Waals surface area contributed by atoms with Crippen LogP contribution in [0.3, 0.4) is 0 Å². The molecule has 0 N–H and O–H groups in total. The monoisotopic (exact) mass is 340 g/mol. The van der Waals surface area contributed by atoms with Crippen LogP contribution < -0.4 is 4.74 Å². The van der Waals surface area contributed by atoms with Gasteiger partial charge in [-0.2, -0.15) is 5.26 Å². The second-order valence-corrected chi connectivity index (χ2v) is 7.36. The Labute approximate surface area is 146 Å². The standard InChI is InChI=1S/C18H20N4O3/c1-17(2)10-18(8-12(9-19)15(17)23)6-7-22(11-18)16(24)13-4-5-14(25-3)21-20-13/h4-5,8H,6-7,10-11H2,1-3H3. The molecule has 3 rings (SSSR count). The summed E-state index contributed by atoms with van der Waals surface area (Å²) in [5, 5.41) is 17.0. The zero-order valence-corrected chi connectivity index (χ0v) is 14.6. The van der Waals surface area contributed by atoms with Crippen molar-refractivity contribution in [3.05, 3.63) is 29.5 Å². The van der Waals surface area contributed by atoms with Gasteiger partial charge < -0.3 is 9.64 Å². The Morgan fingerprint density at radius 3 is 2.72 bits per heavy atom. The minimum atomic E-state index is -0.598. The molecule has 1 atom stereocenters. The maximum absolute atomic E-state index is 12.7. The highest BCUT2D eigenvalue weighted by atomic mass is 16.5. The molecule has 0 aromatic carbocycles. The summed E-state index contributed by atoms with van der Waals surface area (Å²) in [6.07, 6.45) is 3.12. The molecule has 1 aliphatic heterocycles. The fourth-order valence-electron chi connectivity index (χ4n) is 3.87. The molecule has 7 nitrogen and oxygen atoms in total. The number of carbonyl (C=O) groups is 2. The Hall–Kier alpha value is -2.75. The molecule has 0 saturated carbocycles. The SMILES string of the molecule is COc1ccc(C(=O)N2CCC3(C=C(C#N)C(=O)C(C)(C)C3)C2)nn1. The highest BCUT2D eigenvalue weighted by Crippen LogP contribution is 2.48. The number of ketones is 1. The maximum atomic E-state index is 12.7. The molecule has 1 aromatic rings. The summed E-state index contributed by atoms with van der Waals surface area (Å²) in [4.78, 5) is 26.7. The van der Waals surface area contributed by atoms with Gasteiger partial charge in [0.1, 0.15) is 6.07 Å². The number of carbonyl (C=O) groups excluding carboxylic acids is 2. The molecule has 1 spiro atoms. The average Bonchev–Trinajstić information content (AvgIpc) is 3.00. The first-order valence-corrected chi connectivity index (χ1v) is 8.15. The number of likely N-dealkylation sites (tertiary alicyclic amines) is 1. The summed E-state index contributed by atoms with van der Waals surface area (Å²) in [6, 6.07) is 5.21. The van der Waals surface area contributed by atoms with Crippen LogP contribution in [-0.2, 0) is 4.79 Å². The van der Waals surface area contributed by atoms with Gasteiger partial charge in [0.2, 0.25) is 5.88 Å². The number of allylic oxidation sites excluding steroid dienone is 1. The van der Waals surface area contributed by atoms with E-state index in [-0.39, 0.29) is 28.4 Å². The third kappa shape index (κ3) is 3.00. The van der Waals surface area contributed by atoms with E-state index in [0.29, 0.717) is 25.4 Å². The van der Waals surface area contributed by atoms with Crippen molar-refractivity contribution in [1.29, 1.82) is 5.26 Å². The molecular weight excluding hydrogens is 320 g/mol. The predicted molar refractivity (Wildman–Crippen MR) is 88.6 cm³/mol. The first-order valence-electron chi connectivity index (χ1n) is 8.15.